The molecule has 0 aliphatic carbocycles. The first kappa shape index (κ1) is 21.1. The molecule has 0 unspecified atom stereocenters. The number of hydrogen-bond donors (Lipinski definition) is 0. The molecule has 3 aromatic rings. The summed E-state index contributed by atoms with van der Waals surface area (Å²) in [6.45, 7) is 0. The molecule has 1 heterocycles. The number of hydrogen-bond acceptors (Lipinski definition) is 5. The molecule has 11 heteroatoms. The summed E-state index contributed by atoms with van der Waals surface area (Å²) < 4.78 is 67.6. The molecule has 0 aliphatic rings. The topological polar surface area (TPSA) is 71.6 Å². The monoisotopic (exact) mass is 424 g/mol. The third kappa shape index (κ3) is 4.85. The summed E-state index contributed by atoms with van der Waals surface area (Å²) in [4.78, 5) is 12.3. The molecule has 0 bridgehead atoms. The predicted molar refractivity (Wildman–Crippen MR) is 95.8 cm³/mol. The van der Waals surface area contributed by atoms with Crippen LogP contribution in [0.4, 0.5) is 22.0 Å². The number of amides is 1. The van der Waals surface area contributed by atoms with Crippen molar-refractivity contribution in [3.63, 3.8) is 0 Å². The molecule has 1 amide bonds. The molecule has 3 rings (SSSR count). The van der Waals surface area contributed by atoms with Crippen molar-refractivity contribution in [3.8, 4) is 11.5 Å². The van der Waals surface area contributed by atoms with E-state index < -0.39 is 30.0 Å². The van der Waals surface area contributed by atoms with Crippen molar-refractivity contribution in [1.29, 1.82) is 0 Å². The number of rotatable bonds is 5. The Kier molecular flexibility index (Phi) is 5.90. The SMILES string of the molecule is CN(/N=C/c1ccc(-c2nnc(C(F)F)o2)cc1)C(=O)c1ccc(C(F)(F)F)cc1. The maximum atomic E-state index is 12.6. The molecule has 0 fully saturated rings. The summed E-state index contributed by atoms with van der Waals surface area (Å²) in [5.74, 6) is -1.44. The molecule has 0 aliphatic heterocycles. The van der Waals surface area contributed by atoms with E-state index in [-0.39, 0.29) is 11.5 Å². The number of nitrogens with zero attached hydrogens (tertiary/aromatic N) is 4. The molecule has 0 saturated carbocycles. The third-order valence-corrected chi connectivity index (χ3v) is 3.92. The lowest BCUT2D eigenvalue weighted by Gasteiger charge is -2.12. The highest BCUT2D eigenvalue weighted by Gasteiger charge is 2.30. The Morgan fingerprint density at radius 1 is 1.07 bits per heavy atom. The zero-order valence-electron chi connectivity index (χ0n) is 15.3. The summed E-state index contributed by atoms with van der Waals surface area (Å²) in [6, 6.07) is 10.0. The summed E-state index contributed by atoms with van der Waals surface area (Å²) in [7, 11) is 1.36. The predicted octanol–water partition coefficient (Wildman–Crippen LogP) is 4.80. The molecule has 0 N–H and O–H groups in total. The zero-order chi connectivity index (χ0) is 21.9. The van der Waals surface area contributed by atoms with Gasteiger partial charge >= 0.3 is 12.6 Å². The van der Waals surface area contributed by atoms with Crippen LogP contribution < -0.4 is 0 Å². The van der Waals surface area contributed by atoms with Crippen LogP contribution in [0.2, 0.25) is 0 Å². The van der Waals surface area contributed by atoms with Gasteiger partial charge in [-0.3, -0.25) is 4.79 Å². The molecule has 6 nitrogen and oxygen atoms in total. The van der Waals surface area contributed by atoms with Gasteiger partial charge in [0, 0.05) is 18.2 Å². The smallest absolute Gasteiger partial charge is 0.415 e. The summed E-state index contributed by atoms with van der Waals surface area (Å²) in [6.07, 6.45) is -6.00. The van der Waals surface area contributed by atoms with Crippen molar-refractivity contribution in [3.05, 3.63) is 71.1 Å². The number of hydrazone groups is 1. The molecular weight excluding hydrogens is 411 g/mol. The van der Waals surface area contributed by atoms with Crippen molar-refractivity contribution in [2.45, 2.75) is 12.6 Å². The second-order valence-corrected chi connectivity index (χ2v) is 6.02. The standard InChI is InChI=1S/C19H13F5N4O2/c1-28(18(29)13-6-8-14(9-7-13)19(22,23)24)25-10-11-2-4-12(5-3-11)16-26-27-17(30-16)15(20)21/h2-10,15H,1H3/b25-10+. The minimum Gasteiger partial charge on any atom is -0.415 e. The lowest BCUT2D eigenvalue weighted by molar-refractivity contribution is -0.137. The van der Waals surface area contributed by atoms with Gasteiger partial charge in [-0.05, 0) is 42.0 Å². The van der Waals surface area contributed by atoms with Gasteiger partial charge in [-0.25, -0.2) is 5.01 Å². The highest BCUT2D eigenvalue weighted by Crippen LogP contribution is 2.29. The number of carbonyl (C=O) groups is 1. The first-order valence-corrected chi connectivity index (χ1v) is 8.36. The van der Waals surface area contributed by atoms with Crippen LogP contribution in [0.1, 0.15) is 33.8 Å². The van der Waals surface area contributed by atoms with E-state index in [1.807, 2.05) is 0 Å². The lowest BCUT2D eigenvalue weighted by Crippen LogP contribution is -2.21. The van der Waals surface area contributed by atoms with E-state index in [1.54, 1.807) is 24.3 Å². The summed E-state index contributed by atoms with van der Waals surface area (Å²) in [5.41, 5.74) is 0.177. The molecule has 0 radical (unpaired) electrons. The highest BCUT2D eigenvalue weighted by molar-refractivity contribution is 5.94. The minimum atomic E-state index is -4.49. The minimum absolute atomic E-state index is 0.0456. The van der Waals surface area contributed by atoms with Crippen LogP contribution in [0.25, 0.3) is 11.5 Å². The normalized spacial score (nSPS) is 12.0. The Bertz CT molecular complexity index is 1040. The van der Waals surface area contributed by atoms with Crippen LogP contribution in [-0.2, 0) is 6.18 Å². The average molecular weight is 424 g/mol. The third-order valence-electron chi connectivity index (χ3n) is 3.92. The van der Waals surface area contributed by atoms with E-state index in [0.717, 1.165) is 29.3 Å². The molecule has 0 atom stereocenters. The zero-order valence-corrected chi connectivity index (χ0v) is 15.3. The Balaban J connectivity index is 1.66. The van der Waals surface area contributed by atoms with E-state index in [4.69, 9.17) is 4.42 Å². The van der Waals surface area contributed by atoms with Crippen molar-refractivity contribution >= 4 is 12.1 Å². The van der Waals surface area contributed by atoms with Crippen molar-refractivity contribution in [1.82, 2.24) is 15.2 Å². The molecule has 2 aromatic carbocycles. The van der Waals surface area contributed by atoms with E-state index in [9.17, 15) is 26.7 Å². The average Bonchev–Trinajstić information content (AvgIpc) is 3.22. The second kappa shape index (κ2) is 8.39. The highest BCUT2D eigenvalue weighted by atomic mass is 19.4. The quantitative estimate of drug-likeness (QED) is 0.335. The molecule has 1 aromatic heterocycles. The van der Waals surface area contributed by atoms with E-state index in [1.165, 1.54) is 13.3 Å². The van der Waals surface area contributed by atoms with E-state index in [2.05, 4.69) is 15.3 Å². The van der Waals surface area contributed by atoms with Crippen molar-refractivity contribution in [2.24, 2.45) is 5.10 Å². The Morgan fingerprint density at radius 3 is 2.23 bits per heavy atom. The number of aromatic nitrogens is 2. The van der Waals surface area contributed by atoms with Gasteiger partial charge in [-0.1, -0.05) is 12.1 Å². The van der Waals surface area contributed by atoms with Gasteiger partial charge in [-0.15, -0.1) is 10.2 Å². The van der Waals surface area contributed by atoms with Gasteiger partial charge in [0.2, 0.25) is 5.89 Å². The molecule has 0 spiro atoms. The Hall–Kier alpha value is -3.63. The molecule has 156 valence electrons. The number of carbonyl (C=O) groups excluding carboxylic acids is 1. The van der Waals surface area contributed by atoms with Gasteiger partial charge in [0.05, 0.1) is 11.8 Å². The van der Waals surface area contributed by atoms with Crippen LogP contribution in [0, 0.1) is 0 Å². The molecular formula is C19H13F5N4O2. The van der Waals surface area contributed by atoms with Gasteiger partial charge in [0.25, 0.3) is 11.8 Å². The van der Waals surface area contributed by atoms with Gasteiger partial charge < -0.3 is 4.42 Å². The number of alkyl halides is 5. The Labute approximate surface area is 166 Å². The first-order valence-electron chi connectivity index (χ1n) is 8.36. The van der Waals surface area contributed by atoms with E-state index >= 15 is 0 Å². The fraction of sp³-hybridized carbons (Fsp3) is 0.158. The van der Waals surface area contributed by atoms with Gasteiger partial charge in [0.15, 0.2) is 0 Å². The van der Waals surface area contributed by atoms with Crippen molar-refractivity contribution in [2.75, 3.05) is 7.05 Å². The Morgan fingerprint density at radius 2 is 1.70 bits per heavy atom. The fourth-order valence-corrected chi connectivity index (χ4v) is 2.35. The largest absolute Gasteiger partial charge is 0.416 e. The fourth-order valence-electron chi connectivity index (χ4n) is 2.35. The van der Waals surface area contributed by atoms with Gasteiger partial charge in [0.1, 0.15) is 0 Å². The van der Waals surface area contributed by atoms with Crippen LogP contribution in [0.5, 0.6) is 0 Å². The summed E-state index contributed by atoms with van der Waals surface area (Å²) >= 11 is 0. The van der Waals surface area contributed by atoms with Crippen molar-refractivity contribution < 1.29 is 31.2 Å². The maximum absolute atomic E-state index is 12.6. The number of halogens is 5. The van der Waals surface area contributed by atoms with Gasteiger partial charge in [-0.2, -0.15) is 27.1 Å². The molecule has 0 saturated heterocycles. The van der Waals surface area contributed by atoms with Crippen LogP contribution in [0.15, 0.2) is 58.0 Å². The lowest BCUT2D eigenvalue weighted by atomic mass is 10.1. The van der Waals surface area contributed by atoms with Crippen LogP contribution in [0.3, 0.4) is 0 Å². The van der Waals surface area contributed by atoms with Crippen LogP contribution in [-0.4, -0.2) is 34.4 Å². The summed E-state index contributed by atoms with van der Waals surface area (Å²) in [5, 5.41) is 11.7. The second-order valence-electron chi connectivity index (χ2n) is 6.02. The van der Waals surface area contributed by atoms with E-state index in [0.29, 0.717) is 11.1 Å². The number of benzene rings is 2. The first-order chi connectivity index (χ1) is 14.1. The molecule has 30 heavy (non-hydrogen) atoms. The maximum Gasteiger partial charge on any atom is 0.416 e. The van der Waals surface area contributed by atoms with Crippen LogP contribution >= 0.6 is 0 Å².